The summed E-state index contributed by atoms with van der Waals surface area (Å²) in [4.78, 5) is 0. The van der Waals surface area contributed by atoms with Gasteiger partial charge in [-0.3, -0.25) is 4.55 Å². The van der Waals surface area contributed by atoms with Crippen molar-refractivity contribution in [3.63, 3.8) is 0 Å². The van der Waals surface area contributed by atoms with Crippen LogP contribution in [0, 0.1) is 5.92 Å². The summed E-state index contributed by atoms with van der Waals surface area (Å²) in [6.07, 6.45) is 14.5. The predicted molar refractivity (Wildman–Crippen MR) is 96.0 cm³/mol. The first kappa shape index (κ1) is 22.8. The minimum atomic E-state index is -4.07. The molecular weight excluding hydrogens is 314 g/mol. The fraction of sp³-hybridized carbons (Fsp3) is 1.00. The zero-order chi connectivity index (χ0) is 17.6. The Morgan fingerprint density at radius 1 is 0.870 bits per heavy atom. The number of aliphatic hydroxyl groups excluding tert-OH is 1. The molecule has 2 unspecified atom stereocenters. The maximum atomic E-state index is 10.8. The van der Waals surface area contributed by atoms with Crippen molar-refractivity contribution in [3.05, 3.63) is 0 Å². The van der Waals surface area contributed by atoms with Gasteiger partial charge in [0.15, 0.2) is 0 Å². The van der Waals surface area contributed by atoms with Crippen LogP contribution in [0.4, 0.5) is 0 Å². The highest BCUT2D eigenvalue weighted by molar-refractivity contribution is 7.85. The average molecular weight is 352 g/mol. The average Bonchev–Trinajstić information content (AvgIpc) is 2.46. The Balaban J connectivity index is 3.54. The highest BCUT2D eigenvalue weighted by Gasteiger charge is 2.21. The van der Waals surface area contributed by atoms with Crippen LogP contribution in [0.5, 0.6) is 0 Å². The largest absolute Gasteiger partial charge is 0.396 e. The molecule has 2 atom stereocenters. The summed E-state index contributed by atoms with van der Waals surface area (Å²) in [6, 6.07) is -0.696. The summed E-state index contributed by atoms with van der Waals surface area (Å²) in [5.41, 5.74) is 5.75. The Kier molecular flexibility index (Phi) is 14.1. The molecule has 0 spiro atoms. The molecule has 0 heterocycles. The lowest BCUT2D eigenvalue weighted by atomic mass is 9.95. The standard InChI is InChI=1S/C17H37NO4S/c1-2-3-4-5-6-7-8-9-10-11-12-13-16(14-19)17(18)15-23(20,21)22/h16-17,19H,2-15,18H2,1H3,(H,20,21,22). The normalized spacial score (nSPS) is 14.8. The van der Waals surface area contributed by atoms with E-state index in [0.717, 1.165) is 12.8 Å². The summed E-state index contributed by atoms with van der Waals surface area (Å²) in [7, 11) is -4.07. The maximum Gasteiger partial charge on any atom is 0.266 e. The highest BCUT2D eigenvalue weighted by atomic mass is 32.2. The van der Waals surface area contributed by atoms with Gasteiger partial charge < -0.3 is 10.8 Å². The molecule has 0 aliphatic carbocycles. The lowest BCUT2D eigenvalue weighted by Crippen LogP contribution is -2.38. The molecule has 6 heteroatoms. The third-order valence-electron chi connectivity index (χ3n) is 4.42. The van der Waals surface area contributed by atoms with E-state index in [2.05, 4.69) is 6.92 Å². The van der Waals surface area contributed by atoms with Gasteiger partial charge in [-0.25, -0.2) is 0 Å². The minimum Gasteiger partial charge on any atom is -0.396 e. The van der Waals surface area contributed by atoms with E-state index in [1.165, 1.54) is 57.8 Å². The van der Waals surface area contributed by atoms with Gasteiger partial charge in [-0.2, -0.15) is 8.42 Å². The van der Waals surface area contributed by atoms with Crippen molar-refractivity contribution in [2.45, 2.75) is 90.0 Å². The molecule has 0 radical (unpaired) electrons. The van der Waals surface area contributed by atoms with Gasteiger partial charge in [0, 0.05) is 12.6 Å². The summed E-state index contributed by atoms with van der Waals surface area (Å²) in [5.74, 6) is -0.730. The van der Waals surface area contributed by atoms with Gasteiger partial charge in [0.2, 0.25) is 0 Å². The fourth-order valence-corrected chi connectivity index (χ4v) is 3.65. The Bertz CT molecular complexity index is 360. The molecule has 0 aromatic rings. The summed E-state index contributed by atoms with van der Waals surface area (Å²) in [5, 5.41) is 9.30. The first-order valence-electron chi connectivity index (χ1n) is 9.22. The lowest BCUT2D eigenvalue weighted by Gasteiger charge is -2.20. The molecule has 0 aromatic heterocycles. The van der Waals surface area contributed by atoms with E-state index in [4.69, 9.17) is 10.3 Å². The Labute approximate surface area is 142 Å². The summed E-state index contributed by atoms with van der Waals surface area (Å²) in [6.45, 7) is 2.10. The van der Waals surface area contributed by atoms with Crippen LogP contribution < -0.4 is 5.73 Å². The van der Waals surface area contributed by atoms with Crippen molar-refractivity contribution < 1.29 is 18.1 Å². The van der Waals surface area contributed by atoms with Crippen molar-refractivity contribution >= 4 is 10.1 Å². The first-order valence-corrected chi connectivity index (χ1v) is 10.8. The molecule has 0 rings (SSSR count). The van der Waals surface area contributed by atoms with E-state index < -0.39 is 21.9 Å². The SMILES string of the molecule is CCCCCCCCCCCCCC(CO)C(N)CS(=O)(=O)O. The molecule has 0 bridgehead atoms. The molecule has 0 aromatic carbocycles. The molecule has 0 saturated heterocycles. The van der Waals surface area contributed by atoms with Gasteiger partial charge in [0.05, 0.1) is 5.75 Å². The van der Waals surface area contributed by atoms with Gasteiger partial charge in [-0.1, -0.05) is 77.6 Å². The van der Waals surface area contributed by atoms with E-state index in [1.807, 2.05) is 0 Å². The molecule has 0 aliphatic heterocycles. The van der Waals surface area contributed by atoms with Crippen LogP contribution in [0.25, 0.3) is 0 Å². The van der Waals surface area contributed by atoms with Crippen LogP contribution >= 0.6 is 0 Å². The lowest BCUT2D eigenvalue weighted by molar-refractivity contribution is 0.197. The van der Waals surface area contributed by atoms with Crippen LogP contribution in [0.15, 0.2) is 0 Å². The maximum absolute atomic E-state index is 10.8. The fourth-order valence-electron chi connectivity index (χ4n) is 2.89. The van der Waals surface area contributed by atoms with Gasteiger partial charge in [-0.15, -0.1) is 0 Å². The summed E-state index contributed by atoms with van der Waals surface area (Å²) >= 11 is 0. The van der Waals surface area contributed by atoms with Gasteiger partial charge in [0.1, 0.15) is 0 Å². The quantitative estimate of drug-likeness (QED) is 0.292. The van der Waals surface area contributed by atoms with Crippen molar-refractivity contribution in [3.8, 4) is 0 Å². The first-order chi connectivity index (χ1) is 10.9. The Morgan fingerprint density at radius 3 is 1.70 bits per heavy atom. The molecule has 4 N–H and O–H groups in total. The molecule has 140 valence electrons. The van der Waals surface area contributed by atoms with E-state index >= 15 is 0 Å². The summed E-state index contributed by atoms with van der Waals surface area (Å²) < 4.78 is 30.4. The van der Waals surface area contributed by atoms with Crippen LogP contribution in [-0.2, 0) is 10.1 Å². The van der Waals surface area contributed by atoms with Gasteiger partial charge in [-0.05, 0) is 12.3 Å². The smallest absolute Gasteiger partial charge is 0.266 e. The number of rotatable bonds is 16. The van der Waals surface area contributed by atoms with E-state index in [-0.39, 0.29) is 12.5 Å². The second-order valence-corrected chi connectivity index (χ2v) is 8.18. The van der Waals surface area contributed by atoms with Crippen LogP contribution in [0.3, 0.4) is 0 Å². The Hall–Kier alpha value is -0.170. The minimum absolute atomic E-state index is 0.131. The molecule has 5 nitrogen and oxygen atoms in total. The topological polar surface area (TPSA) is 101 Å². The number of aliphatic hydroxyl groups is 1. The van der Waals surface area contributed by atoms with Crippen LogP contribution in [-0.4, -0.2) is 36.5 Å². The van der Waals surface area contributed by atoms with Crippen LogP contribution in [0.1, 0.15) is 84.0 Å². The van der Waals surface area contributed by atoms with E-state index in [9.17, 15) is 13.5 Å². The zero-order valence-electron chi connectivity index (χ0n) is 14.8. The molecular formula is C17H37NO4S. The second-order valence-electron chi connectivity index (χ2n) is 6.68. The molecule has 23 heavy (non-hydrogen) atoms. The van der Waals surface area contributed by atoms with Crippen LogP contribution in [0.2, 0.25) is 0 Å². The van der Waals surface area contributed by atoms with Crippen molar-refractivity contribution in [1.82, 2.24) is 0 Å². The van der Waals surface area contributed by atoms with E-state index in [1.54, 1.807) is 0 Å². The van der Waals surface area contributed by atoms with Gasteiger partial charge >= 0.3 is 0 Å². The molecule has 0 amide bonds. The Morgan fingerprint density at radius 2 is 1.30 bits per heavy atom. The number of hydrogen-bond acceptors (Lipinski definition) is 4. The predicted octanol–water partition coefficient (Wildman–Crippen LogP) is 3.51. The van der Waals surface area contributed by atoms with Crippen molar-refractivity contribution in [2.75, 3.05) is 12.4 Å². The third kappa shape index (κ3) is 15.1. The number of hydrogen-bond donors (Lipinski definition) is 3. The monoisotopic (exact) mass is 351 g/mol. The molecule has 0 saturated carbocycles. The van der Waals surface area contributed by atoms with E-state index in [0.29, 0.717) is 6.42 Å². The number of unbranched alkanes of at least 4 members (excludes halogenated alkanes) is 10. The van der Waals surface area contributed by atoms with Crippen molar-refractivity contribution in [1.29, 1.82) is 0 Å². The van der Waals surface area contributed by atoms with Crippen molar-refractivity contribution in [2.24, 2.45) is 11.7 Å². The highest BCUT2D eigenvalue weighted by Crippen LogP contribution is 2.16. The molecule has 0 fully saturated rings. The molecule has 0 aliphatic rings. The number of nitrogens with two attached hydrogens (primary N) is 1. The zero-order valence-corrected chi connectivity index (χ0v) is 15.6. The third-order valence-corrected chi connectivity index (χ3v) is 5.23. The van der Waals surface area contributed by atoms with Gasteiger partial charge in [0.25, 0.3) is 10.1 Å². The second kappa shape index (κ2) is 14.2.